The highest BCUT2D eigenvalue weighted by molar-refractivity contribution is 5.93. The number of carbonyl (C=O) groups excluding carboxylic acids is 1. The number of amides is 1. The number of hydrogen-bond donors (Lipinski definition) is 0. The quantitative estimate of drug-likeness (QED) is 0.668. The van der Waals surface area contributed by atoms with Crippen molar-refractivity contribution in [2.24, 2.45) is 7.05 Å². The van der Waals surface area contributed by atoms with Gasteiger partial charge < -0.3 is 14.2 Å². The molecule has 0 bridgehead atoms. The molecule has 0 fully saturated rings. The van der Waals surface area contributed by atoms with Crippen molar-refractivity contribution in [2.75, 3.05) is 7.05 Å². The van der Waals surface area contributed by atoms with Crippen molar-refractivity contribution in [1.82, 2.24) is 19.8 Å². The maximum absolute atomic E-state index is 12.9. The molecule has 27 heavy (non-hydrogen) atoms. The van der Waals surface area contributed by atoms with Crippen molar-refractivity contribution in [3.63, 3.8) is 0 Å². The molecule has 0 saturated carbocycles. The van der Waals surface area contributed by atoms with E-state index in [4.69, 9.17) is 9.26 Å². The van der Waals surface area contributed by atoms with E-state index in [0.717, 1.165) is 22.6 Å². The van der Waals surface area contributed by atoms with Gasteiger partial charge in [-0.05, 0) is 32.4 Å². The first-order chi connectivity index (χ1) is 12.9. The Morgan fingerprint density at radius 1 is 1.26 bits per heavy atom. The normalized spacial score (nSPS) is 10.9. The molecule has 0 saturated heterocycles. The molecule has 0 radical (unpaired) electrons. The van der Waals surface area contributed by atoms with E-state index in [1.54, 1.807) is 23.6 Å². The Balaban J connectivity index is 1.75. The van der Waals surface area contributed by atoms with Crippen LogP contribution in [0.15, 0.2) is 35.0 Å². The first-order valence-corrected chi connectivity index (χ1v) is 8.75. The van der Waals surface area contributed by atoms with E-state index >= 15 is 0 Å². The van der Waals surface area contributed by atoms with E-state index in [1.165, 1.54) is 0 Å². The number of benzene rings is 1. The molecule has 1 aromatic carbocycles. The maximum Gasteiger partial charge on any atom is 0.276 e. The highest BCUT2D eigenvalue weighted by atomic mass is 16.5. The topological polar surface area (TPSA) is 73.4 Å². The number of aromatic nitrogens is 3. The third-order valence-corrected chi connectivity index (χ3v) is 4.52. The van der Waals surface area contributed by atoms with Crippen LogP contribution in [0.5, 0.6) is 5.75 Å². The Bertz CT molecular complexity index is 958. The highest BCUT2D eigenvalue weighted by Crippen LogP contribution is 2.22. The molecule has 0 aliphatic rings. The van der Waals surface area contributed by atoms with Crippen molar-refractivity contribution in [2.45, 2.75) is 33.9 Å². The van der Waals surface area contributed by atoms with Crippen LogP contribution in [0.3, 0.4) is 0 Å². The van der Waals surface area contributed by atoms with E-state index in [2.05, 4.69) is 10.3 Å². The number of nitrogens with zero attached hydrogens (tertiary/aromatic N) is 4. The second kappa shape index (κ2) is 7.65. The largest absolute Gasteiger partial charge is 0.488 e. The van der Waals surface area contributed by atoms with Crippen molar-refractivity contribution in [3.8, 4) is 5.75 Å². The summed E-state index contributed by atoms with van der Waals surface area (Å²) in [5.74, 6) is 1.15. The van der Waals surface area contributed by atoms with Gasteiger partial charge >= 0.3 is 0 Å². The number of ether oxygens (including phenoxy) is 1. The van der Waals surface area contributed by atoms with E-state index in [0.29, 0.717) is 17.9 Å². The number of carbonyl (C=O) groups is 1. The Labute approximate surface area is 158 Å². The maximum atomic E-state index is 12.9. The van der Waals surface area contributed by atoms with Gasteiger partial charge in [0.2, 0.25) is 0 Å². The van der Waals surface area contributed by atoms with Gasteiger partial charge in [0.1, 0.15) is 18.1 Å². The summed E-state index contributed by atoms with van der Waals surface area (Å²) >= 11 is 0. The Hall–Kier alpha value is -3.09. The van der Waals surface area contributed by atoms with Gasteiger partial charge in [-0.3, -0.25) is 9.48 Å². The summed E-state index contributed by atoms with van der Waals surface area (Å²) in [6.07, 6.45) is 1.91. The third kappa shape index (κ3) is 4.02. The molecule has 0 aliphatic heterocycles. The summed E-state index contributed by atoms with van der Waals surface area (Å²) < 4.78 is 12.9. The summed E-state index contributed by atoms with van der Waals surface area (Å²) in [4.78, 5) is 14.5. The lowest BCUT2D eigenvalue weighted by Gasteiger charge is -2.16. The zero-order chi connectivity index (χ0) is 19.6. The summed E-state index contributed by atoms with van der Waals surface area (Å²) in [5, 5.41) is 8.29. The zero-order valence-electron chi connectivity index (χ0n) is 16.3. The second-order valence-electron chi connectivity index (χ2n) is 6.69. The minimum Gasteiger partial charge on any atom is -0.488 e. The number of hydrogen-bond acceptors (Lipinski definition) is 5. The Kier molecular flexibility index (Phi) is 5.30. The summed E-state index contributed by atoms with van der Waals surface area (Å²) in [5.41, 5.74) is 3.87. The van der Waals surface area contributed by atoms with Gasteiger partial charge in [-0.25, -0.2) is 0 Å². The molecule has 7 nitrogen and oxygen atoms in total. The van der Waals surface area contributed by atoms with E-state index in [9.17, 15) is 4.79 Å². The Morgan fingerprint density at radius 3 is 2.67 bits per heavy atom. The molecule has 7 heteroatoms. The first kappa shape index (κ1) is 18.7. The standard InChI is InChI=1S/C20H24N4O3/c1-13-8-6-7-9-18(13)26-12-17-15(3)27-22-19(17)20(25)23(4)10-16-11-24(5)21-14(16)2/h6-9,11H,10,12H2,1-5H3. The molecule has 0 aliphatic carbocycles. The van der Waals surface area contributed by atoms with E-state index in [1.807, 2.05) is 51.4 Å². The summed E-state index contributed by atoms with van der Waals surface area (Å²) in [6, 6.07) is 7.75. The first-order valence-electron chi connectivity index (χ1n) is 8.75. The van der Waals surface area contributed by atoms with Gasteiger partial charge in [-0.1, -0.05) is 23.4 Å². The number of rotatable bonds is 6. The van der Waals surface area contributed by atoms with Crippen LogP contribution in [-0.4, -0.2) is 32.8 Å². The number of para-hydroxylation sites is 1. The minimum atomic E-state index is -0.210. The van der Waals surface area contributed by atoms with Crippen LogP contribution in [-0.2, 0) is 20.2 Å². The van der Waals surface area contributed by atoms with Crippen LogP contribution < -0.4 is 4.74 Å². The van der Waals surface area contributed by atoms with Crippen LogP contribution in [0.4, 0.5) is 0 Å². The van der Waals surface area contributed by atoms with Crippen molar-refractivity contribution in [1.29, 1.82) is 0 Å². The predicted octanol–water partition coefficient (Wildman–Crippen LogP) is 3.18. The zero-order valence-corrected chi connectivity index (χ0v) is 16.3. The van der Waals surface area contributed by atoms with Gasteiger partial charge in [0.05, 0.1) is 11.3 Å². The summed E-state index contributed by atoms with van der Waals surface area (Å²) in [7, 11) is 3.60. The SMILES string of the molecule is Cc1ccccc1OCc1c(C(=O)N(C)Cc2cn(C)nc2C)noc1C. The molecular formula is C20H24N4O3. The van der Waals surface area contributed by atoms with Crippen LogP contribution in [0, 0.1) is 20.8 Å². The molecule has 3 aromatic rings. The molecule has 142 valence electrons. The molecule has 0 unspecified atom stereocenters. The van der Waals surface area contributed by atoms with Gasteiger partial charge in [0.25, 0.3) is 5.91 Å². The van der Waals surface area contributed by atoms with Gasteiger partial charge in [0, 0.05) is 32.4 Å². The van der Waals surface area contributed by atoms with Crippen LogP contribution in [0.1, 0.15) is 38.6 Å². The molecule has 2 aromatic heterocycles. The van der Waals surface area contributed by atoms with Crippen molar-refractivity contribution in [3.05, 3.63) is 64.3 Å². The van der Waals surface area contributed by atoms with E-state index in [-0.39, 0.29) is 18.2 Å². The molecule has 0 N–H and O–H groups in total. The highest BCUT2D eigenvalue weighted by Gasteiger charge is 2.24. The van der Waals surface area contributed by atoms with Crippen LogP contribution in [0.2, 0.25) is 0 Å². The lowest BCUT2D eigenvalue weighted by atomic mass is 10.1. The molecular weight excluding hydrogens is 344 g/mol. The average Bonchev–Trinajstić information content (AvgIpc) is 3.15. The fourth-order valence-corrected chi connectivity index (χ4v) is 2.91. The van der Waals surface area contributed by atoms with Gasteiger partial charge in [0.15, 0.2) is 5.69 Å². The van der Waals surface area contributed by atoms with Crippen LogP contribution >= 0.6 is 0 Å². The average molecular weight is 368 g/mol. The molecule has 0 atom stereocenters. The fraction of sp³-hybridized carbons (Fsp3) is 0.350. The molecule has 3 rings (SSSR count). The molecule has 1 amide bonds. The fourth-order valence-electron chi connectivity index (χ4n) is 2.91. The van der Waals surface area contributed by atoms with Crippen molar-refractivity contribution < 1.29 is 14.1 Å². The molecule has 2 heterocycles. The lowest BCUT2D eigenvalue weighted by Crippen LogP contribution is -2.27. The smallest absolute Gasteiger partial charge is 0.276 e. The Morgan fingerprint density at radius 2 is 2.00 bits per heavy atom. The van der Waals surface area contributed by atoms with Crippen LogP contribution in [0.25, 0.3) is 0 Å². The monoisotopic (exact) mass is 368 g/mol. The van der Waals surface area contributed by atoms with Gasteiger partial charge in [-0.2, -0.15) is 5.10 Å². The predicted molar refractivity (Wildman–Crippen MR) is 100 cm³/mol. The summed E-state index contributed by atoms with van der Waals surface area (Å²) in [6.45, 7) is 6.36. The van der Waals surface area contributed by atoms with Gasteiger partial charge in [-0.15, -0.1) is 0 Å². The van der Waals surface area contributed by atoms with E-state index < -0.39 is 0 Å². The number of aryl methyl sites for hydroxylation is 4. The van der Waals surface area contributed by atoms with Crippen molar-refractivity contribution >= 4 is 5.91 Å². The minimum absolute atomic E-state index is 0.210. The third-order valence-electron chi connectivity index (χ3n) is 4.52. The second-order valence-corrected chi connectivity index (χ2v) is 6.69. The lowest BCUT2D eigenvalue weighted by molar-refractivity contribution is 0.0772. The molecule has 0 spiro atoms.